The average molecular weight is 149 g/mol. The molecule has 0 aromatic heterocycles. The molecular formula is C6H15NOS. The summed E-state index contributed by atoms with van der Waals surface area (Å²) < 4.78 is 0. The van der Waals surface area contributed by atoms with Gasteiger partial charge in [0.05, 0.1) is 0 Å². The molecule has 0 bridgehead atoms. The molecule has 56 valence electrons. The van der Waals surface area contributed by atoms with Crippen LogP contribution in [0.25, 0.3) is 0 Å². The Kier molecular flexibility index (Phi) is 5.09. The zero-order valence-corrected chi connectivity index (χ0v) is 7.34. The van der Waals surface area contributed by atoms with Crippen LogP contribution in [0.2, 0.25) is 0 Å². The van der Waals surface area contributed by atoms with Gasteiger partial charge in [-0.3, -0.25) is 4.79 Å². The molecule has 0 aromatic carbocycles. The molecule has 0 aliphatic rings. The number of carbonyl (C=O) groups excluding carboxylic acids is 1. The van der Waals surface area contributed by atoms with Gasteiger partial charge in [-0.1, -0.05) is 32.5 Å². The Labute approximate surface area is 61.0 Å². The van der Waals surface area contributed by atoms with Gasteiger partial charge in [-0.25, -0.2) is 0 Å². The SMILES string of the molecule is CSC(=O)C(C)(C)C.N. The van der Waals surface area contributed by atoms with Crippen molar-refractivity contribution in [1.82, 2.24) is 6.15 Å². The lowest BCUT2D eigenvalue weighted by Crippen LogP contribution is -2.15. The summed E-state index contributed by atoms with van der Waals surface area (Å²) in [6.07, 6.45) is 1.81. The van der Waals surface area contributed by atoms with Gasteiger partial charge >= 0.3 is 0 Å². The molecule has 0 unspecified atom stereocenters. The summed E-state index contributed by atoms with van der Waals surface area (Å²) in [6, 6.07) is 0. The van der Waals surface area contributed by atoms with Crippen LogP contribution in [0.4, 0.5) is 0 Å². The maximum atomic E-state index is 10.8. The van der Waals surface area contributed by atoms with Gasteiger partial charge in [0, 0.05) is 5.41 Å². The first-order valence-electron chi connectivity index (χ1n) is 2.57. The molecule has 0 amide bonds. The fourth-order valence-corrected chi connectivity index (χ4v) is 0.919. The first-order valence-corrected chi connectivity index (χ1v) is 3.79. The Morgan fingerprint density at radius 2 is 1.67 bits per heavy atom. The Balaban J connectivity index is 0. The highest BCUT2D eigenvalue weighted by Gasteiger charge is 2.19. The van der Waals surface area contributed by atoms with Crippen LogP contribution in [0.5, 0.6) is 0 Å². The molecule has 0 aromatic rings. The Bertz CT molecular complexity index is 95.7. The highest BCUT2D eigenvalue weighted by molar-refractivity contribution is 8.13. The molecule has 0 atom stereocenters. The fourth-order valence-electron chi connectivity index (χ4n) is 0.306. The lowest BCUT2D eigenvalue weighted by atomic mass is 10.00. The second-order valence-corrected chi connectivity index (χ2v) is 3.52. The van der Waals surface area contributed by atoms with Gasteiger partial charge in [-0.15, -0.1) is 0 Å². The van der Waals surface area contributed by atoms with E-state index in [9.17, 15) is 4.79 Å². The van der Waals surface area contributed by atoms with E-state index in [-0.39, 0.29) is 16.7 Å². The zero-order chi connectivity index (χ0) is 6.78. The first kappa shape index (κ1) is 11.7. The van der Waals surface area contributed by atoms with E-state index in [1.807, 2.05) is 27.0 Å². The van der Waals surface area contributed by atoms with E-state index in [0.29, 0.717) is 0 Å². The first-order chi connectivity index (χ1) is 3.48. The predicted molar refractivity (Wildman–Crippen MR) is 43.0 cm³/mol. The molecule has 9 heavy (non-hydrogen) atoms. The van der Waals surface area contributed by atoms with Crippen molar-refractivity contribution >= 4 is 16.9 Å². The number of carbonyl (C=O) groups is 1. The van der Waals surface area contributed by atoms with Crippen molar-refractivity contribution in [3.8, 4) is 0 Å². The Hall–Kier alpha value is -0.0200. The summed E-state index contributed by atoms with van der Waals surface area (Å²) in [4.78, 5) is 10.8. The molecule has 2 nitrogen and oxygen atoms in total. The zero-order valence-electron chi connectivity index (χ0n) is 6.52. The Morgan fingerprint density at radius 1 is 1.33 bits per heavy atom. The normalized spacial score (nSPS) is 10.2. The van der Waals surface area contributed by atoms with Crippen LogP contribution < -0.4 is 6.15 Å². The number of hydrogen-bond acceptors (Lipinski definition) is 3. The third-order valence-electron chi connectivity index (χ3n) is 0.798. The van der Waals surface area contributed by atoms with Crippen LogP contribution in [0.1, 0.15) is 20.8 Å². The monoisotopic (exact) mass is 149 g/mol. The van der Waals surface area contributed by atoms with Crippen LogP contribution in [-0.2, 0) is 4.79 Å². The quantitative estimate of drug-likeness (QED) is 0.573. The van der Waals surface area contributed by atoms with Gasteiger partial charge in [0.1, 0.15) is 0 Å². The largest absolute Gasteiger partial charge is 0.344 e. The van der Waals surface area contributed by atoms with Crippen LogP contribution in [0, 0.1) is 5.41 Å². The summed E-state index contributed by atoms with van der Waals surface area (Å²) in [7, 11) is 0. The molecule has 0 fully saturated rings. The molecule has 0 radical (unpaired) electrons. The van der Waals surface area contributed by atoms with E-state index in [1.165, 1.54) is 11.8 Å². The predicted octanol–water partition coefficient (Wildman–Crippen LogP) is 2.08. The molecule has 0 rings (SSSR count). The molecule has 0 spiro atoms. The van der Waals surface area contributed by atoms with Gasteiger partial charge in [0.15, 0.2) is 5.12 Å². The second-order valence-electron chi connectivity index (χ2n) is 2.74. The number of rotatable bonds is 0. The van der Waals surface area contributed by atoms with E-state index in [1.54, 1.807) is 0 Å². The third-order valence-corrected chi connectivity index (χ3v) is 1.78. The molecule has 0 saturated heterocycles. The van der Waals surface area contributed by atoms with Gasteiger partial charge in [-0.05, 0) is 6.26 Å². The summed E-state index contributed by atoms with van der Waals surface area (Å²) in [6.45, 7) is 5.77. The van der Waals surface area contributed by atoms with E-state index >= 15 is 0 Å². The Morgan fingerprint density at radius 3 is 1.67 bits per heavy atom. The van der Waals surface area contributed by atoms with E-state index in [0.717, 1.165) is 0 Å². The van der Waals surface area contributed by atoms with Gasteiger partial charge < -0.3 is 6.15 Å². The maximum Gasteiger partial charge on any atom is 0.193 e. The highest BCUT2D eigenvalue weighted by Crippen LogP contribution is 2.20. The van der Waals surface area contributed by atoms with Crippen LogP contribution >= 0.6 is 11.8 Å². The van der Waals surface area contributed by atoms with Crippen molar-refractivity contribution in [2.24, 2.45) is 5.41 Å². The van der Waals surface area contributed by atoms with E-state index < -0.39 is 0 Å². The van der Waals surface area contributed by atoms with Crippen molar-refractivity contribution in [1.29, 1.82) is 0 Å². The van der Waals surface area contributed by atoms with Crippen molar-refractivity contribution in [2.75, 3.05) is 6.26 Å². The number of hydrogen-bond donors (Lipinski definition) is 1. The van der Waals surface area contributed by atoms with Gasteiger partial charge in [-0.2, -0.15) is 0 Å². The lowest BCUT2D eigenvalue weighted by molar-refractivity contribution is -0.117. The molecule has 3 heteroatoms. The van der Waals surface area contributed by atoms with Crippen molar-refractivity contribution in [3.63, 3.8) is 0 Å². The van der Waals surface area contributed by atoms with Crippen molar-refractivity contribution < 1.29 is 4.79 Å². The average Bonchev–Trinajstić information content (AvgIpc) is 1.62. The van der Waals surface area contributed by atoms with Crippen LogP contribution in [0.15, 0.2) is 0 Å². The summed E-state index contributed by atoms with van der Waals surface area (Å²) in [5.41, 5.74) is -0.167. The topological polar surface area (TPSA) is 52.1 Å². The van der Waals surface area contributed by atoms with Gasteiger partial charge in [0.2, 0.25) is 0 Å². The molecule has 3 N–H and O–H groups in total. The lowest BCUT2D eigenvalue weighted by Gasteiger charge is -2.12. The molecule has 0 aliphatic heterocycles. The van der Waals surface area contributed by atoms with E-state index in [4.69, 9.17) is 0 Å². The standard InChI is InChI=1S/C6H12OS.H3N/c1-6(2,3)5(7)8-4;/h1-4H3;1H3. The smallest absolute Gasteiger partial charge is 0.193 e. The summed E-state index contributed by atoms with van der Waals surface area (Å²) in [5.74, 6) is 0. The molecule has 0 heterocycles. The van der Waals surface area contributed by atoms with Crippen molar-refractivity contribution in [3.05, 3.63) is 0 Å². The molecular weight excluding hydrogens is 134 g/mol. The minimum atomic E-state index is -0.167. The number of thioether (sulfide) groups is 1. The minimum absolute atomic E-state index is 0. The third kappa shape index (κ3) is 4.48. The second kappa shape index (κ2) is 3.90. The van der Waals surface area contributed by atoms with Crippen molar-refractivity contribution in [2.45, 2.75) is 20.8 Å². The van der Waals surface area contributed by atoms with Gasteiger partial charge in [0.25, 0.3) is 0 Å². The van der Waals surface area contributed by atoms with Crippen LogP contribution in [0.3, 0.4) is 0 Å². The van der Waals surface area contributed by atoms with Crippen LogP contribution in [-0.4, -0.2) is 11.4 Å². The maximum absolute atomic E-state index is 10.8. The fraction of sp³-hybridized carbons (Fsp3) is 0.833. The highest BCUT2D eigenvalue weighted by atomic mass is 32.2. The van der Waals surface area contributed by atoms with E-state index in [2.05, 4.69) is 0 Å². The molecule has 0 saturated carbocycles. The minimum Gasteiger partial charge on any atom is -0.344 e. The summed E-state index contributed by atoms with van der Waals surface area (Å²) in [5, 5.41) is 0.248. The molecule has 0 aliphatic carbocycles. The summed E-state index contributed by atoms with van der Waals surface area (Å²) >= 11 is 1.29.